The van der Waals surface area contributed by atoms with Gasteiger partial charge in [-0.25, -0.2) is 0 Å². The molecule has 1 aliphatic rings. The normalized spacial score (nSPS) is 16.7. The standard InChI is InChI=1S/C19H18OP/c1-20-15-16-9-8-14-19(16)21(17-10-4-2-5-11-17)18-12-6-3-7-13-18/h2-14H,15H2,1H3. The Kier molecular flexibility index (Phi) is 5.06. The Balaban J connectivity index is 1.97. The zero-order valence-electron chi connectivity index (χ0n) is 12.1. The van der Waals surface area contributed by atoms with Crippen LogP contribution in [0.2, 0.25) is 0 Å². The smallest absolute Gasteiger partial charge is 0.0537 e. The maximum Gasteiger partial charge on any atom is 0.0537 e. The lowest BCUT2D eigenvalue weighted by molar-refractivity contribution is 0.215. The van der Waals surface area contributed by atoms with Crippen LogP contribution in [-0.4, -0.2) is 13.7 Å². The van der Waals surface area contributed by atoms with Gasteiger partial charge in [0.1, 0.15) is 0 Å². The van der Waals surface area contributed by atoms with Crippen LogP contribution in [0.1, 0.15) is 0 Å². The Morgan fingerprint density at radius 1 is 0.810 bits per heavy atom. The van der Waals surface area contributed by atoms with Gasteiger partial charge in [0.25, 0.3) is 0 Å². The molecule has 1 saturated carbocycles. The lowest BCUT2D eigenvalue weighted by Crippen LogP contribution is -2.20. The van der Waals surface area contributed by atoms with Crippen LogP contribution >= 0.6 is 7.92 Å². The summed E-state index contributed by atoms with van der Waals surface area (Å²) >= 11 is 0. The van der Waals surface area contributed by atoms with E-state index in [1.165, 1.54) is 22.2 Å². The van der Waals surface area contributed by atoms with Gasteiger partial charge in [-0.3, -0.25) is 0 Å². The number of hydrogen-bond acceptors (Lipinski definition) is 1. The Bertz CT molecular complexity index is 501. The largest absolute Gasteiger partial charge is 0.384 e. The third-order valence-electron chi connectivity index (χ3n) is 3.45. The predicted octanol–water partition coefficient (Wildman–Crippen LogP) is 3.50. The van der Waals surface area contributed by atoms with E-state index in [9.17, 15) is 0 Å². The molecule has 1 fully saturated rings. The number of benzene rings is 2. The highest BCUT2D eigenvalue weighted by Gasteiger charge is 2.36. The average Bonchev–Trinajstić information content (AvgIpc) is 2.98. The van der Waals surface area contributed by atoms with Crippen LogP contribution in [0.4, 0.5) is 0 Å². The molecule has 5 radical (unpaired) electrons. The zero-order valence-corrected chi connectivity index (χ0v) is 13.0. The van der Waals surface area contributed by atoms with Gasteiger partial charge < -0.3 is 4.74 Å². The minimum absolute atomic E-state index is 0.521. The van der Waals surface area contributed by atoms with Crippen molar-refractivity contribution in [2.45, 2.75) is 0 Å². The summed E-state index contributed by atoms with van der Waals surface area (Å²) in [6.45, 7) is 0.667. The van der Waals surface area contributed by atoms with Crippen LogP contribution in [0, 0.1) is 30.8 Å². The van der Waals surface area contributed by atoms with Crippen molar-refractivity contribution in [3.8, 4) is 0 Å². The van der Waals surface area contributed by atoms with Crippen molar-refractivity contribution in [3.63, 3.8) is 0 Å². The Labute approximate surface area is 129 Å². The van der Waals surface area contributed by atoms with Crippen LogP contribution in [0.5, 0.6) is 0 Å². The van der Waals surface area contributed by atoms with Gasteiger partial charge >= 0.3 is 0 Å². The number of methoxy groups -OCH3 is 1. The van der Waals surface area contributed by atoms with Crippen molar-refractivity contribution >= 4 is 18.5 Å². The Morgan fingerprint density at radius 3 is 1.90 bits per heavy atom. The average molecular weight is 293 g/mol. The van der Waals surface area contributed by atoms with E-state index in [0.717, 1.165) is 0 Å². The van der Waals surface area contributed by atoms with Crippen LogP contribution in [0.3, 0.4) is 0 Å². The summed E-state index contributed by atoms with van der Waals surface area (Å²) in [4.78, 5) is 0. The third kappa shape index (κ3) is 3.36. The summed E-state index contributed by atoms with van der Waals surface area (Å²) < 4.78 is 5.36. The Morgan fingerprint density at radius 2 is 1.38 bits per heavy atom. The third-order valence-corrected chi connectivity index (χ3v) is 6.00. The van der Waals surface area contributed by atoms with E-state index in [2.05, 4.69) is 79.9 Å². The number of hydrogen-bond donors (Lipinski definition) is 0. The van der Waals surface area contributed by atoms with Gasteiger partial charge in [0.15, 0.2) is 0 Å². The second-order valence-corrected chi connectivity index (χ2v) is 7.06. The molecule has 0 spiro atoms. The summed E-state index contributed by atoms with van der Waals surface area (Å²) in [5.74, 6) is 1.29. The first-order valence-electron chi connectivity index (χ1n) is 7.04. The van der Waals surface area contributed by atoms with E-state index >= 15 is 0 Å². The van der Waals surface area contributed by atoms with E-state index < -0.39 is 7.92 Å². The van der Waals surface area contributed by atoms with Crippen molar-refractivity contribution < 1.29 is 4.74 Å². The van der Waals surface area contributed by atoms with E-state index in [4.69, 9.17) is 4.74 Å². The van der Waals surface area contributed by atoms with E-state index in [0.29, 0.717) is 6.61 Å². The molecule has 21 heavy (non-hydrogen) atoms. The van der Waals surface area contributed by atoms with Crippen LogP contribution in [0.15, 0.2) is 60.7 Å². The summed E-state index contributed by atoms with van der Waals surface area (Å²) in [6.07, 6.45) is 6.53. The highest BCUT2D eigenvalue weighted by molar-refractivity contribution is 7.76. The van der Waals surface area contributed by atoms with Crippen molar-refractivity contribution in [2.75, 3.05) is 13.7 Å². The molecule has 0 saturated heterocycles. The maximum atomic E-state index is 5.36. The van der Waals surface area contributed by atoms with Crippen LogP contribution in [-0.2, 0) is 4.74 Å². The fourth-order valence-electron chi connectivity index (χ4n) is 2.52. The molecule has 0 amide bonds. The summed E-state index contributed by atoms with van der Waals surface area (Å²) in [7, 11) is 1.23. The van der Waals surface area contributed by atoms with Gasteiger partial charge in [-0.15, -0.1) is 0 Å². The molecule has 0 aliphatic heterocycles. The van der Waals surface area contributed by atoms with Gasteiger partial charge in [0, 0.05) is 18.7 Å². The molecule has 0 N–H and O–H groups in total. The highest BCUT2D eigenvalue weighted by Crippen LogP contribution is 2.55. The molecule has 2 aromatic rings. The van der Waals surface area contributed by atoms with Gasteiger partial charge in [-0.05, 0) is 37.8 Å². The van der Waals surface area contributed by atoms with Crippen molar-refractivity contribution in [2.24, 2.45) is 0 Å². The van der Waals surface area contributed by atoms with E-state index in [1.54, 1.807) is 7.11 Å². The summed E-state index contributed by atoms with van der Waals surface area (Å²) in [6, 6.07) is 21.5. The molecule has 0 heterocycles. The second kappa shape index (κ2) is 7.20. The first-order valence-corrected chi connectivity index (χ1v) is 8.38. The second-order valence-electron chi connectivity index (χ2n) is 4.88. The lowest BCUT2D eigenvalue weighted by atomic mass is 10.1. The predicted molar refractivity (Wildman–Crippen MR) is 90.3 cm³/mol. The maximum absolute atomic E-state index is 5.36. The molecule has 1 aliphatic carbocycles. The Hall–Kier alpha value is -1.17. The molecular weight excluding hydrogens is 275 g/mol. The molecule has 0 bridgehead atoms. The lowest BCUT2D eigenvalue weighted by Gasteiger charge is -2.28. The van der Waals surface area contributed by atoms with Gasteiger partial charge in [-0.1, -0.05) is 60.7 Å². The molecule has 105 valence electrons. The van der Waals surface area contributed by atoms with E-state index in [-0.39, 0.29) is 0 Å². The van der Waals surface area contributed by atoms with Crippen LogP contribution in [0.25, 0.3) is 0 Å². The molecule has 3 rings (SSSR count). The van der Waals surface area contributed by atoms with Crippen molar-refractivity contribution in [1.82, 2.24) is 0 Å². The molecule has 2 aromatic carbocycles. The quantitative estimate of drug-likeness (QED) is 0.767. The van der Waals surface area contributed by atoms with E-state index in [1.807, 2.05) is 0 Å². The van der Waals surface area contributed by atoms with Gasteiger partial charge in [0.05, 0.1) is 6.61 Å². The monoisotopic (exact) mass is 293 g/mol. The fourth-order valence-corrected chi connectivity index (χ4v) is 4.98. The summed E-state index contributed by atoms with van der Waals surface area (Å²) in [5.41, 5.74) is 1.39. The van der Waals surface area contributed by atoms with Crippen molar-refractivity contribution in [3.05, 3.63) is 91.5 Å². The first kappa shape index (κ1) is 14.8. The molecule has 0 atom stereocenters. The molecule has 0 aromatic heterocycles. The number of rotatable bonds is 5. The number of ether oxygens (including phenoxy) is 1. The molecule has 2 heteroatoms. The van der Waals surface area contributed by atoms with Crippen molar-refractivity contribution in [1.29, 1.82) is 0 Å². The van der Waals surface area contributed by atoms with Gasteiger partial charge in [0.2, 0.25) is 0 Å². The topological polar surface area (TPSA) is 9.23 Å². The minimum Gasteiger partial charge on any atom is -0.384 e. The zero-order chi connectivity index (χ0) is 14.5. The molecule has 0 unspecified atom stereocenters. The molecular formula is C19H18OP. The van der Waals surface area contributed by atoms with Gasteiger partial charge in [-0.2, -0.15) is 0 Å². The molecule has 1 nitrogen and oxygen atoms in total. The minimum atomic E-state index is -0.521. The fraction of sp³-hybridized carbons (Fsp3) is 0.105. The first-order chi connectivity index (χ1) is 10.4. The summed E-state index contributed by atoms with van der Waals surface area (Å²) in [5, 5.41) is 2.75. The SMILES string of the molecule is COC[C]1[CH][CH][CH][C]1P(c1ccccc1)c1ccccc1. The highest BCUT2D eigenvalue weighted by atomic mass is 31.1. The van der Waals surface area contributed by atoms with Crippen LogP contribution < -0.4 is 10.6 Å².